The molecule has 1 heterocycles. The van der Waals surface area contributed by atoms with Crippen molar-refractivity contribution in [1.82, 2.24) is 15.1 Å². The van der Waals surface area contributed by atoms with E-state index in [1.165, 1.54) is 24.5 Å². The lowest BCUT2D eigenvalue weighted by atomic mass is 10.2. The summed E-state index contributed by atoms with van der Waals surface area (Å²) in [6.45, 7) is 3.50. The molecule has 0 bridgehead atoms. The van der Waals surface area contributed by atoms with E-state index in [4.69, 9.17) is 0 Å². The second-order valence-corrected chi connectivity index (χ2v) is 6.16. The minimum atomic E-state index is -0.219. The third-order valence-corrected chi connectivity index (χ3v) is 4.46. The van der Waals surface area contributed by atoms with E-state index in [9.17, 15) is 4.39 Å². The van der Waals surface area contributed by atoms with E-state index in [1.54, 1.807) is 12.1 Å². The number of nitrogens with one attached hydrogen (secondary N) is 1. The van der Waals surface area contributed by atoms with Gasteiger partial charge in [-0.1, -0.05) is 15.9 Å². The number of halogens is 2. The first-order chi connectivity index (χ1) is 9.63. The zero-order valence-electron chi connectivity index (χ0n) is 11.4. The monoisotopic (exact) mass is 337 g/mol. The first-order valence-electron chi connectivity index (χ1n) is 6.82. The highest BCUT2D eigenvalue weighted by Gasteiger charge is 2.20. The second kappa shape index (κ2) is 5.66. The smallest absolute Gasteiger partial charge is 0.123 e. The Kier molecular flexibility index (Phi) is 3.89. The van der Waals surface area contributed by atoms with E-state index in [0.717, 1.165) is 22.3 Å². The number of aromatic nitrogens is 2. The average molecular weight is 338 g/mol. The highest BCUT2D eigenvalue weighted by Crippen LogP contribution is 2.21. The van der Waals surface area contributed by atoms with Crippen LogP contribution in [0.3, 0.4) is 0 Å². The van der Waals surface area contributed by atoms with Gasteiger partial charge in [-0.05, 0) is 43.5 Å². The van der Waals surface area contributed by atoms with Gasteiger partial charge >= 0.3 is 0 Å². The average Bonchev–Trinajstić information content (AvgIpc) is 3.19. The third kappa shape index (κ3) is 3.10. The quantitative estimate of drug-likeness (QED) is 0.906. The maximum absolute atomic E-state index is 13.3. The maximum atomic E-state index is 13.3. The molecule has 3 nitrogen and oxygen atoms in total. The lowest BCUT2D eigenvalue weighted by Gasteiger charge is -2.08. The summed E-state index contributed by atoms with van der Waals surface area (Å²) in [5, 5.41) is 7.90. The molecule has 1 aliphatic rings. The van der Waals surface area contributed by atoms with E-state index in [1.807, 2.05) is 10.9 Å². The summed E-state index contributed by atoms with van der Waals surface area (Å²) in [5.41, 5.74) is 3.25. The standard InChI is InChI=1S/C15H17BrFN3/c1-10-12(7-18-14-3-4-14)8-19-20(10)9-11-6-13(17)2-5-15(11)16/h2,5-6,8,14,18H,3-4,7,9H2,1H3. The highest BCUT2D eigenvalue weighted by molar-refractivity contribution is 9.10. The molecule has 20 heavy (non-hydrogen) atoms. The molecule has 0 radical (unpaired) electrons. The first-order valence-corrected chi connectivity index (χ1v) is 7.61. The lowest BCUT2D eigenvalue weighted by molar-refractivity contribution is 0.614. The van der Waals surface area contributed by atoms with Crippen molar-refractivity contribution < 1.29 is 4.39 Å². The lowest BCUT2D eigenvalue weighted by Crippen LogP contribution is -2.16. The van der Waals surface area contributed by atoms with Gasteiger partial charge in [0.2, 0.25) is 0 Å². The summed E-state index contributed by atoms with van der Waals surface area (Å²) in [7, 11) is 0. The fourth-order valence-corrected chi connectivity index (χ4v) is 2.56. The Labute approximate surface area is 126 Å². The summed E-state index contributed by atoms with van der Waals surface area (Å²) >= 11 is 3.46. The summed E-state index contributed by atoms with van der Waals surface area (Å²) in [6.07, 6.45) is 4.46. The second-order valence-electron chi connectivity index (χ2n) is 5.30. The molecule has 1 aliphatic carbocycles. The van der Waals surface area contributed by atoms with Gasteiger partial charge in [0.1, 0.15) is 5.82 Å². The number of hydrogen-bond acceptors (Lipinski definition) is 2. The number of nitrogens with zero attached hydrogens (tertiary/aromatic N) is 2. The van der Waals surface area contributed by atoms with Crippen molar-refractivity contribution in [1.29, 1.82) is 0 Å². The molecule has 2 aromatic rings. The summed E-state index contributed by atoms with van der Waals surface area (Å²) in [5.74, 6) is -0.219. The van der Waals surface area contributed by atoms with Crippen molar-refractivity contribution in [2.24, 2.45) is 0 Å². The topological polar surface area (TPSA) is 29.9 Å². The molecule has 1 N–H and O–H groups in total. The van der Waals surface area contributed by atoms with Gasteiger partial charge in [0.25, 0.3) is 0 Å². The molecule has 1 aromatic carbocycles. The van der Waals surface area contributed by atoms with Gasteiger partial charge in [-0.2, -0.15) is 5.10 Å². The molecule has 1 aromatic heterocycles. The molecule has 0 aliphatic heterocycles. The van der Waals surface area contributed by atoms with Crippen LogP contribution in [0.15, 0.2) is 28.9 Å². The minimum absolute atomic E-state index is 0.219. The Balaban J connectivity index is 1.74. The molecule has 0 saturated heterocycles. The Morgan fingerprint density at radius 2 is 2.20 bits per heavy atom. The van der Waals surface area contributed by atoms with Gasteiger partial charge in [0, 0.05) is 28.3 Å². The fraction of sp³-hybridized carbons (Fsp3) is 0.400. The van der Waals surface area contributed by atoms with E-state index in [-0.39, 0.29) is 5.82 Å². The zero-order chi connectivity index (χ0) is 14.1. The van der Waals surface area contributed by atoms with Gasteiger partial charge < -0.3 is 5.32 Å². The van der Waals surface area contributed by atoms with Crippen LogP contribution in [0.25, 0.3) is 0 Å². The summed E-state index contributed by atoms with van der Waals surface area (Å²) in [4.78, 5) is 0. The predicted molar refractivity (Wildman–Crippen MR) is 80.0 cm³/mol. The van der Waals surface area contributed by atoms with E-state index < -0.39 is 0 Å². The summed E-state index contributed by atoms with van der Waals surface area (Å²) in [6, 6.07) is 5.43. The van der Waals surface area contributed by atoms with Crippen LogP contribution >= 0.6 is 15.9 Å². The van der Waals surface area contributed by atoms with Crippen LogP contribution in [0.4, 0.5) is 4.39 Å². The Morgan fingerprint density at radius 3 is 2.95 bits per heavy atom. The van der Waals surface area contributed by atoms with Crippen LogP contribution in [0.5, 0.6) is 0 Å². The van der Waals surface area contributed by atoms with Crippen molar-refractivity contribution in [3.8, 4) is 0 Å². The number of benzene rings is 1. The van der Waals surface area contributed by atoms with Crippen molar-refractivity contribution in [3.63, 3.8) is 0 Å². The van der Waals surface area contributed by atoms with Gasteiger partial charge in [-0.15, -0.1) is 0 Å². The number of rotatable bonds is 5. The zero-order valence-corrected chi connectivity index (χ0v) is 13.0. The van der Waals surface area contributed by atoms with Crippen LogP contribution in [0, 0.1) is 12.7 Å². The molecule has 0 unspecified atom stereocenters. The minimum Gasteiger partial charge on any atom is -0.310 e. The fourth-order valence-electron chi connectivity index (χ4n) is 2.19. The van der Waals surface area contributed by atoms with Crippen molar-refractivity contribution in [3.05, 3.63) is 51.5 Å². The van der Waals surface area contributed by atoms with E-state index >= 15 is 0 Å². The first kappa shape index (κ1) is 13.8. The Hall–Kier alpha value is -1.20. The SMILES string of the molecule is Cc1c(CNC2CC2)cnn1Cc1cc(F)ccc1Br. The van der Waals surface area contributed by atoms with Crippen LogP contribution < -0.4 is 5.32 Å². The molecule has 0 spiro atoms. The Morgan fingerprint density at radius 1 is 1.40 bits per heavy atom. The molecule has 1 saturated carbocycles. The number of hydrogen-bond donors (Lipinski definition) is 1. The van der Waals surface area contributed by atoms with Gasteiger partial charge in [-0.3, -0.25) is 4.68 Å². The maximum Gasteiger partial charge on any atom is 0.123 e. The van der Waals surface area contributed by atoms with Crippen molar-refractivity contribution in [2.45, 2.75) is 38.9 Å². The molecule has 0 amide bonds. The molecular formula is C15H17BrFN3. The predicted octanol–water partition coefficient (Wildman–Crippen LogP) is 3.39. The van der Waals surface area contributed by atoms with Crippen LogP contribution in [0.2, 0.25) is 0 Å². The largest absolute Gasteiger partial charge is 0.310 e. The molecule has 3 rings (SSSR count). The van der Waals surface area contributed by atoms with Gasteiger partial charge in [0.15, 0.2) is 0 Å². The van der Waals surface area contributed by atoms with Crippen LogP contribution in [0.1, 0.15) is 29.7 Å². The molecule has 106 valence electrons. The molecule has 0 atom stereocenters. The normalized spacial score (nSPS) is 14.8. The highest BCUT2D eigenvalue weighted by atomic mass is 79.9. The molecule has 1 fully saturated rings. The van der Waals surface area contributed by atoms with Gasteiger partial charge in [0.05, 0.1) is 12.7 Å². The Bertz CT molecular complexity index is 620. The summed E-state index contributed by atoms with van der Waals surface area (Å²) < 4.78 is 16.1. The van der Waals surface area contributed by atoms with Crippen molar-refractivity contribution >= 4 is 15.9 Å². The van der Waals surface area contributed by atoms with E-state index in [0.29, 0.717) is 12.6 Å². The van der Waals surface area contributed by atoms with Crippen molar-refractivity contribution in [2.75, 3.05) is 0 Å². The van der Waals surface area contributed by atoms with E-state index in [2.05, 4.69) is 33.3 Å². The molecular weight excluding hydrogens is 321 g/mol. The third-order valence-electron chi connectivity index (χ3n) is 3.69. The molecule has 5 heteroatoms. The van der Waals surface area contributed by atoms with Crippen LogP contribution in [-0.2, 0) is 13.1 Å². The van der Waals surface area contributed by atoms with Gasteiger partial charge in [-0.25, -0.2) is 4.39 Å². The van der Waals surface area contributed by atoms with Crippen LogP contribution in [-0.4, -0.2) is 15.8 Å².